The molecule has 0 bridgehead atoms. The van der Waals surface area contributed by atoms with E-state index in [2.05, 4.69) is 414 Å². The highest BCUT2D eigenvalue weighted by Gasteiger charge is 2.26. The number of nitrogens with zero attached hydrogens (tertiary/aromatic N) is 9. The lowest BCUT2D eigenvalue weighted by Gasteiger charge is -2.13. The van der Waals surface area contributed by atoms with Crippen molar-refractivity contribution in [1.29, 1.82) is 0 Å². The normalized spacial score (nSPS) is 11.8. The summed E-state index contributed by atoms with van der Waals surface area (Å²) in [7, 11) is 0. The second-order valence-electron chi connectivity index (χ2n) is 34.6. The first-order chi connectivity index (χ1) is 67.9. The predicted octanol–water partition coefficient (Wildman–Crippen LogP) is 34.2. The smallest absolute Gasteiger partial charge is 0.235 e. The summed E-state index contributed by atoms with van der Waals surface area (Å²) in [6.07, 6.45) is 3.77. The monoisotopic (exact) mass is 1800 g/mol. The van der Waals surface area contributed by atoms with Gasteiger partial charge >= 0.3 is 0 Å². The molecule has 640 valence electrons. The van der Waals surface area contributed by atoms with E-state index in [4.69, 9.17) is 34.3 Å². The number of hydrogen-bond donors (Lipinski definition) is 0. The van der Waals surface area contributed by atoms with Gasteiger partial charge in [0.15, 0.2) is 0 Å². The Hall–Kier alpha value is -17.5. The SMILES string of the molecule is c1ccc(-c2ccc(-c3ccc(-c4ccnc(-n5c6ccccc6c6c7sc8ccccc8c7ccc65)n4)cc3)cc2)cc1.c1ccc(-c2ccc(-c3cccc(-c4nc(-n5c6ccccc6c6c7oc8ccccc8c7ccc65)nc5ccccc45)c3)cc2)cc1.c1ccc(-c2ccc3c4c5sc6ccccc6c5ccc4n(-c4nccc(-c5cccc6c5sc5ccccc56)n4)c3c2)cc1. The van der Waals surface area contributed by atoms with Gasteiger partial charge in [-0.1, -0.05) is 352 Å². The lowest BCUT2D eigenvalue weighted by Crippen LogP contribution is -2.03. The molecule has 0 atom stereocenters. The summed E-state index contributed by atoms with van der Waals surface area (Å²) in [5.74, 6) is 1.98. The van der Waals surface area contributed by atoms with Crippen molar-refractivity contribution in [3.8, 4) is 107 Å². The van der Waals surface area contributed by atoms with Gasteiger partial charge in [-0.2, -0.15) is 0 Å². The third-order valence-corrected chi connectivity index (χ3v) is 30.5. The molecule has 10 nitrogen and oxygen atoms in total. The number of aromatic nitrogens is 9. The van der Waals surface area contributed by atoms with Crippen LogP contribution in [0.4, 0.5) is 0 Å². The molecule has 19 aromatic carbocycles. The molecule has 137 heavy (non-hydrogen) atoms. The molecule has 10 aromatic heterocycles. The minimum Gasteiger partial charge on any atom is -0.455 e. The standard InChI is InChI=1S/C44H27N3O.C40H23N3S2.C40H25N3S/c1-2-11-28(12-3-1)29-21-23-30(24-22-29)31-13-10-14-32(27-31)42-35-16-4-7-18-37(35)45-44(46-42)47-38-19-8-5-17-36(38)41-39(47)26-25-34-33-15-6-9-20-40(33)48-43(34)41;1-2-9-24(10-3-1)25-17-18-31-34(23-25)43(33-20-19-29-27-12-5-7-16-36(27)45-39(29)37(31)33)40-41-22-21-32(42-40)30-14-8-13-28-26-11-4-6-15-35(26)44-38(28)30;1-2-8-26(9-3-1)27-14-16-28(17-15-27)29-18-20-30(21-19-29)34-24-25-41-40(42-34)43-35-12-6-4-11-33(35)38-36(43)23-22-32-31-10-5-7-13-37(31)44-39(32)38/h1-27H;1-23H;1-25H. The van der Waals surface area contributed by atoms with Gasteiger partial charge in [-0.15, -0.1) is 34.0 Å². The lowest BCUT2D eigenvalue weighted by molar-refractivity contribution is 0.673. The van der Waals surface area contributed by atoms with Crippen molar-refractivity contribution < 1.29 is 4.42 Å². The van der Waals surface area contributed by atoms with Crippen LogP contribution in [-0.4, -0.2) is 43.6 Å². The van der Waals surface area contributed by atoms with E-state index in [9.17, 15) is 0 Å². The van der Waals surface area contributed by atoms with Gasteiger partial charge in [0.1, 0.15) is 11.2 Å². The maximum atomic E-state index is 6.52. The summed E-state index contributed by atoms with van der Waals surface area (Å²) >= 11 is 5.55. The first-order valence-electron chi connectivity index (χ1n) is 45.9. The molecule has 29 aromatic rings. The Balaban J connectivity index is 0.000000104. The van der Waals surface area contributed by atoms with Crippen LogP contribution in [0, 0.1) is 0 Å². The number of furan rings is 1. The lowest BCUT2D eigenvalue weighted by atomic mass is 9.97. The molecule has 0 N–H and O–H groups in total. The van der Waals surface area contributed by atoms with Crippen molar-refractivity contribution in [3.05, 3.63) is 455 Å². The van der Waals surface area contributed by atoms with E-state index in [0.29, 0.717) is 17.8 Å². The van der Waals surface area contributed by atoms with Crippen LogP contribution in [-0.2, 0) is 0 Å². The molecule has 0 saturated carbocycles. The van der Waals surface area contributed by atoms with Crippen LogP contribution >= 0.6 is 34.0 Å². The summed E-state index contributed by atoms with van der Waals surface area (Å²) < 4.78 is 20.9. The van der Waals surface area contributed by atoms with Crippen LogP contribution < -0.4 is 0 Å². The third kappa shape index (κ3) is 13.5. The molecule has 13 heteroatoms. The third-order valence-electron chi connectivity index (χ3n) is 26.9. The molecular weight excluding hydrogens is 1730 g/mol. The molecule has 0 amide bonds. The topological polar surface area (TPSA) is 105 Å². The predicted molar refractivity (Wildman–Crippen MR) is 576 cm³/mol. The van der Waals surface area contributed by atoms with E-state index in [-0.39, 0.29) is 0 Å². The molecule has 0 aliphatic rings. The van der Waals surface area contributed by atoms with Gasteiger partial charge < -0.3 is 4.42 Å². The quantitative estimate of drug-likeness (QED) is 0.127. The van der Waals surface area contributed by atoms with E-state index in [1.165, 1.54) is 127 Å². The number of benzene rings is 19. The van der Waals surface area contributed by atoms with E-state index < -0.39 is 0 Å². The summed E-state index contributed by atoms with van der Waals surface area (Å²) in [5, 5.41) is 18.1. The average molecular weight is 1800 g/mol. The zero-order valence-electron chi connectivity index (χ0n) is 73.5. The zero-order valence-corrected chi connectivity index (χ0v) is 75.9. The number of para-hydroxylation sites is 4. The van der Waals surface area contributed by atoms with E-state index >= 15 is 0 Å². The Morgan fingerprint density at radius 3 is 1.16 bits per heavy atom. The van der Waals surface area contributed by atoms with Crippen molar-refractivity contribution in [2.75, 3.05) is 0 Å². The van der Waals surface area contributed by atoms with Crippen molar-refractivity contribution in [3.63, 3.8) is 0 Å². The number of thiophene rings is 3. The van der Waals surface area contributed by atoms with Gasteiger partial charge in [-0.05, 0) is 147 Å². The molecule has 0 aliphatic heterocycles. The minimum absolute atomic E-state index is 0.628. The van der Waals surface area contributed by atoms with Gasteiger partial charge in [0, 0.05) is 133 Å². The highest BCUT2D eigenvalue weighted by molar-refractivity contribution is 7.27. The summed E-state index contributed by atoms with van der Waals surface area (Å²) in [4.78, 5) is 30.6. The van der Waals surface area contributed by atoms with E-state index in [1.807, 2.05) is 88.9 Å². The number of rotatable bonds is 11. The fourth-order valence-electron chi connectivity index (χ4n) is 20.4. The largest absolute Gasteiger partial charge is 0.455 e. The summed E-state index contributed by atoms with van der Waals surface area (Å²) in [5.41, 5.74) is 27.0. The number of fused-ring (bicyclic) bond motifs is 25. The molecule has 0 radical (unpaired) electrons. The Kier molecular flexibility index (Phi) is 19.0. The van der Waals surface area contributed by atoms with Crippen LogP contribution in [0.2, 0.25) is 0 Å². The summed E-state index contributed by atoms with van der Waals surface area (Å²) in [6.45, 7) is 0. The van der Waals surface area contributed by atoms with Gasteiger partial charge in [0.05, 0.1) is 61.1 Å². The molecular formula is C124H75N9OS3. The van der Waals surface area contributed by atoms with Crippen molar-refractivity contribution >= 4 is 193 Å². The Morgan fingerprint density at radius 2 is 0.577 bits per heavy atom. The fraction of sp³-hybridized carbons (Fsp3) is 0. The van der Waals surface area contributed by atoms with Crippen LogP contribution in [0.5, 0.6) is 0 Å². The second kappa shape index (κ2) is 32.8. The van der Waals surface area contributed by atoms with Crippen molar-refractivity contribution in [2.45, 2.75) is 0 Å². The highest BCUT2D eigenvalue weighted by atomic mass is 32.1. The fourth-order valence-corrected chi connectivity index (χ4v) is 24.2. The van der Waals surface area contributed by atoms with Crippen molar-refractivity contribution in [2.24, 2.45) is 0 Å². The first kappa shape index (κ1) is 79.3. The maximum Gasteiger partial charge on any atom is 0.235 e. The molecule has 10 heterocycles. The van der Waals surface area contributed by atoms with Gasteiger partial charge in [0.2, 0.25) is 17.8 Å². The molecule has 29 rings (SSSR count). The van der Waals surface area contributed by atoms with Crippen molar-refractivity contribution in [1.82, 2.24) is 43.6 Å². The van der Waals surface area contributed by atoms with Gasteiger partial charge in [0.25, 0.3) is 0 Å². The molecule has 0 spiro atoms. The zero-order chi connectivity index (χ0) is 90.1. The van der Waals surface area contributed by atoms with E-state index in [0.717, 1.165) is 122 Å². The van der Waals surface area contributed by atoms with Gasteiger partial charge in [-0.3, -0.25) is 13.7 Å². The summed E-state index contributed by atoms with van der Waals surface area (Å²) in [6, 6.07) is 157. The molecule has 0 unspecified atom stereocenters. The van der Waals surface area contributed by atoms with Crippen LogP contribution in [0.1, 0.15) is 0 Å². The Morgan fingerprint density at radius 1 is 0.204 bits per heavy atom. The molecule has 0 fully saturated rings. The van der Waals surface area contributed by atoms with Crippen LogP contribution in [0.15, 0.2) is 460 Å². The van der Waals surface area contributed by atoms with Gasteiger partial charge in [-0.25, -0.2) is 29.9 Å². The second-order valence-corrected chi connectivity index (χ2v) is 37.8. The highest BCUT2D eigenvalue weighted by Crippen LogP contribution is 2.49. The minimum atomic E-state index is 0.628. The molecule has 0 aliphatic carbocycles. The van der Waals surface area contributed by atoms with Crippen LogP contribution in [0.3, 0.4) is 0 Å². The number of hydrogen-bond acceptors (Lipinski definition) is 10. The van der Waals surface area contributed by atoms with E-state index in [1.54, 1.807) is 0 Å². The Labute approximate surface area is 797 Å². The molecule has 0 saturated heterocycles. The Bertz CT molecular complexity index is 9860. The average Bonchev–Trinajstić information content (AvgIpc) is 1.58. The maximum absolute atomic E-state index is 6.52. The first-order valence-corrected chi connectivity index (χ1v) is 48.4. The van der Waals surface area contributed by atoms with Crippen LogP contribution in [0.25, 0.3) is 266 Å².